The van der Waals surface area contributed by atoms with Gasteiger partial charge >= 0.3 is 11.9 Å². The van der Waals surface area contributed by atoms with Crippen molar-refractivity contribution in [1.82, 2.24) is 19.7 Å². The molecule has 3 aromatic rings. The van der Waals surface area contributed by atoms with Crippen LogP contribution in [0.5, 0.6) is 0 Å². The molecule has 8 nitrogen and oxygen atoms in total. The zero-order valence-electron chi connectivity index (χ0n) is 13.1. The van der Waals surface area contributed by atoms with Gasteiger partial charge in [-0.05, 0) is 24.6 Å². The molecule has 1 aromatic carbocycles. The number of rotatable bonds is 4. The molecule has 8 heteroatoms. The highest BCUT2D eigenvalue weighted by atomic mass is 16.5. The minimum atomic E-state index is -1.05. The molecule has 1 N–H and O–H groups in total. The van der Waals surface area contributed by atoms with E-state index >= 15 is 0 Å². The molecule has 24 heavy (non-hydrogen) atoms. The number of fused-ring (bicyclic) bond motifs is 1. The van der Waals surface area contributed by atoms with Gasteiger partial charge in [0.2, 0.25) is 0 Å². The Morgan fingerprint density at radius 2 is 1.92 bits per heavy atom. The van der Waals surface area contributed by atoms with E-state index in [-0.39, 0.29) is 12.2 Å². The molecule has 0 saturated heterocycles. The summed E-state index contributed by atoms with van der Waals surface area (Å²) >= 11 is 0. The van der Waals surface area contributed by atoms with E-state index in [1.54, 1.807) is 37.5 Å². The second kappa shape index (κ2) is 6.07. The lowest BCUT2D eigenvalue weighted by molar-refractivity contribution is -0.137. The van der Waals surface area contributed by atoms with Crippen LogP contribution in [0.1, 0.15) is 16.3 Å². The molecule has 2 aromatic heterocycles. The minimum Gasteiger partial charge on any atom is -0.480 e. The lowest BCUT2D eigenvalue weighted by Gasteiger charge is -2.03. The van der Waals surface area contributed by atoms with E-state index in [1.165, 1.54) is 11.8 Å². The second-order valence-corrected chi connectivity index (χ2v) is 5.14. The van der Waals surface area contributed by atoms with Crippen molar-refractivity contribution in [3.8, 4) is 11.1 Å². The highest BCUT2D eigenvalue weighted by Crippen LogP contribution is 2.26. The van der Waals surface area contributed by atoms with Gasteiger partial charge in [0.15, 0.2) is 5.69 Å². The van der Waals surface area contributed by atoms with Crippen molar-refractivity contribution in [3.63, 3.8) is 0 Å². The van der Waals surface area contributed by atoms with Gasteiger partial charge in [-0.2, -0.15) is 5.10 Å². The molecule has 0 atom stereocenters. The predicted molar refractivity (Wildman–Crippen MR) is 84.5 cm³/mol. The Bertz CT molecular complexity index is 931. The van der Waals surface area contributed by atoms with Crippen molar-refractivity contribution in [3.05, 3.63) is 42.1 Å². The van der Waals surface area contributed by atoms with Crippen LogP contribution in [-0.4, -0.2) is 43.9 Å². The van der Waals surface area contributed by atoms with Crippen LogP contribution in [0, 0.1) is 6.92 Å². The predicted octanol–water partition coefficient (Wildman–Crippen LogP) is 1.67. The summed E-state index contributed by atoms with van der Waals surface area (Å²) in [7, 11) is 1.25. The van der Waals surface area contributed by atoms with Gasteiger partial charge in [-0.25, -0.2) is 14.8 Å². The lowest BCUT2D eigenvalue weighted by Crippen LogP contribution is -2.11. The maximum Gasteiger partial charge on any atom is 0.359 e. The number of methoxy groups -OCH3 is 1. The third kappa shape index (κ3) is 2.81. The average molecular weight is 326 g/mol. The topological polar surface area (TPSA) is 107 Å². The van der Waals surface area contributed by atoms with Gasteiger partial charge in [-0.3, -0.25) is 9.48 Å². The van der Waals surface area contributed by atoms with Crippen LogP contribution in [0.4, 0.5) is 0 Å². The van der Waals surface area contributed by atoms with Gasteiger partial charge in [0, 0.05) is 23.3 Å². The zero-order chi connectivity index (χ0) is 17.3. The summed E-state index contributed by atoms with van der Waals surface area (Å²) in [4.78, 5) is 31.2. The fraction of sp³-hybridized carbons (Fsp3) is 0.188. The first kappa shape index (κ1) is 15.6. The Hall–Kier alpha value is -3.29. The number of ether oxygens (including phenoxy) is 1. The van der Waals surface area contributed by atoms with E-state index in [0.717, 1.165) is 11.1 Å². The molecular weight excluding hydrogens is 312 g/mol. The number of aryl methyl sites for hydroxylation is 1. The Balaban J connectivity index is 2.18. The summed E-state index contributed by atoms with van der Waals surface area (Å²) in [5, 5.41) is 13.6. The molecule has 0 aliphatic heterocycles. The fourth-order valence-corrected chi connectivity index (χ4v) is 2.40. The molecule has 0 radical (unpaired) electrons. The quantitative estimate of drug-likeness (QED) is 0.727. The monoisotopic (exact) mass is 326 g/mol. The number of hydrogen-bond acceptors (Lipinski definition) is 6. The maximum absolute atomic E-state index is 11.9. The Kier molecular flexibility index (Phi) is 3.95. The molecular formula is C16H14N4O4. The van der Waals surface area contributed by atoms with Crippen LogP contribution >= 0.6 is 0 Å². The summed E-state index contributed by atoms with van der Waals surface area (Å²) in [5.74, 6) is -1.02. The first-order chi connectivity index (χ1) is 11.5. The number of nitrogens with zero attached hydrogens (tertiary/aromatic N) is 4. The molecule has 0 unspecified atom stereocenters. The summed E-state index contributed by atoms with van der Waals surface area (Å²) in [5.41, 5.74) is 2.19. The number of hydrogen-bond donors (Lipinski definition) is 1. The van der Waals surface area contributed by atoms with Crippen LogP contribution in [0.25, 0.3) is 22.0 Å². The number of carbonyl (C=O) groups is 2. The van der Waals surface area contributed by atoms with Crippen molar-refractivity contribution in [2.45, 2.75) is 13.5 Å². The van der Waals surface area contributed by atoms with Crippen molar-refractivity contribution in [1.29, 1.82) is 0 Å². The molecule has 0 fully saturated rings. The van der Waals surface area contributed by atoms with Crippen LogP contribution < -0.4 is 0 Å². The van der Waals surface area contributed by atoms with Crippen molar-refractivity contribution >= 4 is 22.8 Å². The van der Waals surface area contributed by atoms with E-state index in [0.29, 0.717) is 16.7 Å². The number of carboxylic acids is 1. The van der Waals surface area contributed by atoms with Gasteiger partial charge in [-0.15, -0.1) is 0 Å². The largest absolute Gasteiger partial charge is 0.480 e. The van der Waals surface area contributed by atoms with Crippen LogP contribution in [0.2, 0.25) is 0 Å². The molecule has 122 valence electrons. The van der Waals surface area contributed by atoms with Crippen LogP contribution in [-0.2, 0) is 16.1 Å². The van der Waals surface area contributed by atoms with E-state index in [9.17, 15) is 9.59 Å². The Morgan fingerprint density at radius 3 is 2.54 bits per heavy atom. The third-order valence-electron chi connectivity index (χ3n) is 3.53. The molecule has 0 spiro atoms. The van der Waals surface area contributed by atoms with E-state index < -0.39 is 11.9 Å². The zero-order valence-corrected chi connectivity index (χ0v) is 13.1. The van der Waals surface area contributed by atoms with E-state index in [1.807, 2.05) is 0 Å². The number of benzene rings is 1. The number of esters is 1. The molecule has 2 heterocycles. The minimum absolute atomic E-state index is 0.0728. The second-order valence-electron chi connectivity index (χ2n) is 5.14. The fourth-order valence-electron chi connectivity index (χ4n) is 2.40. The smallest absolute Gasteiger partial charge is 0.359 e. The van der Waals surface area contributed by atoms with Gasteiger partial charge in [0.05, 0.1) is 12.6 Å². The highest BCUT2D eigenvalue weighted by molar-refractivity contribution is 6.03. The highest BCUT2D eigenvalue weighted by Gasteiger charge is 2.19. The first-order valence-corrected chi connectivity index (χ1v) is 7.09. The van der Waals surface area contributed by atoms with Gasteiger partial charge < -0.3 is 9.84 Å². The standard InChI is InChI=1S/C16H14N4O4/c1-9-17-6-11(7-18-9)10-3-4-13-12(5-10)15(16(23)24-2)19-20(13)8-14(21)22/h3-7H,8H2,1-2H3,(H,21,22). The molecule has 3 rings (SSSR count). The van der Waals surface area contributed by atoms with Crippen LogP contribution in [0.15, 0.2) is 30.6 Å². The average Bonchev–Trinajstić information content (AvgIpc) is 2.92. The SMILES string of the molecule is COC(=O)c1nn(CC(=O)O)c2ccc(-c3cnc(C)nc3)cc12. The van der Waals surface area contributed by atoms with E-state index in [2.05, 4.69) is 15.1 Å². The van der Waals surface area contributed by atoms with Gasteiger partial charge in [0.25, 0.3) is 0 Å². The Labute approximate surface area is 136 Å². The molecule has 0 aliphatic carbocycles. The lowest BCUT2D eigenvalue weighted by atomic mass is 10.1. The van der Waals surface area contributed by atoms with Crippen molar-refractivity contribution < 1.29 is 19.4 Å². The third-order valence-corrected chi connectivity index (χ3v) is 3.53. The summed E-state index contributed by atoms with van der Waals surface area (Å²) < 4.78 is 6.00. The summed E-state index contributed by atoms with van der Waals surface area (Å²) in [6.07, 6.45) is 3.37. The molecule has 0 aliphatic rings. The van der Waals surface area contributed by atoms with E-state index in [4.69, 9.17) is 9.84 Å². The number of aromatic nitrogens is 4. The molecule has 0 saturated carbocycles. The first-order valence-electron chi connectivity index (χ1n) is 7.09. The Morgan fingerprint density at radius 1 is 1.21 bits per heavy atom. The number of carboxylic acid groups (broad SMARTS) is 1. The number of aliphatic carboxylic acids is 1. The maximum atomic E-state index is 11.9. The molecule has 0 amide bonds. The summed E-state index contributed by atoms with van der Waals surface area (Å²) in [6, 6.07) is 5.27. The van der Waals surface area contributed by atoms with Crippen molar-refractivity contribution in [2.24, 2.45) is 0 Å². The van der Waals surface area contributed by atoms with Crippen LogP contribution in [0.3, 0.4) is 0 Å². The normalized spacial score (nSPS) is 10.8. The van der Waals surface area contributed by atoms with Gasteiger partial charge in [0.1, 0.15) is 12.4 Å². The summed E-state index contributed by atoms with van der Waals surface area (Å²) in [6.45, 7) is 1.44. The number of carbonyl (C=O) groups excluding carboxylic acids is 1. The molecule has 0 bridgehead atoms. The van der Waals surface area contributed by atoms with Gasteiger partial charge in [-0.1, -0.05) is 6.07 Å². The van der Waals surface area contributed by atoms with Crippen molar-refractivity contribution in [2.75, 3.05) is 7.11 Å².